The Kier molecular flexibility index (Phi) is 6.92. The van der Waals surface area contributed by atoms with Gasteiger partial charge in [-0.2, -0.15) is 17.5 Å². The predicted octanol–water partition coefficient (Wildman–Crippen LogP) is 1.36. The Balaban J connectivity index is 1.59. The third-order valence-electron chi connectivity index (χ3n) is 5.49. The van der Waals surface area contributed by atoms with E-state index in [9.17, 15) is 31.2 Å². The van der Waals surface area contributed by atoms with Gasteiger partial charge in [-0.05, 0) is 30.8 Å². The number of benzene rings is 1. The lowest BCUT2D eigenvalue weighted by Crippen LogP contribution is -2.48. The van der Waals surface area contributed by atoms with E-state index < -0.39 is 40.5 Å². The number of rotatable bonds is 6. The molecule has 0 saturated carbocycles. The maximum absolute atomic E-state index is 12.8. The molecule has 8 nitrogen and oxygen atoms in total. The molecule has 1 aromatic rings. The number of hydrogen-bond donors (Lipinski definition) is 1. The molecule has 0 aromatic heterocycles. The number of nitrogens with one attached hydrogen (secondary N) is 1. The van der Waals surface area contributed by atoms with E-state index in [-0.39, 0.29) is 17.9 Å². The molecule has 2 amide bonds. The van der Waals surface area contributed by atoms with E-state index in [4.69, 9.17) is 0 Å². The average Bonchev–Trinajstić information content (AvgIpc) is 3.07. The summed E-state index contributed by atoms with van der Waals surface area (Å²) >= 11 is 0. The summed E-state index contributed by atoms with van der Waals surface area (Å²) in [6, 6.07) is 5.62. The highest BCUT2D eigenvalue weighted by Gasteiger charge is 2.40. The Morgan fingerprint density at radius 1 is 1.13 bits per heavy atom. The van der Waals surface area contributed by atoms with Crippen LogP contribution in [0.2, 0.25) is 0 Å². The summed E-state index contributed by atoms with van der Waals surface area (Å²) in [6.07, 6.45) is -4.82. The van der Waals surface area contributed by atoms with Gasteiger partial charge in [0.2, 0.25) is 21.8 Å². The lowest BCUT2D eigenvalue weighted by molar-refractivity contribution is -0.157. The molecule has 1 unspecified atom stereocenters. The zero-order chi connectivity index (χ0) is 22.8. The van der Waals surface area contributed by atoms with Crippen molar-refractivity contribution in [3.8, 4) is 0 Å². The van der Waals surface area contributed by atoms with E-state index in [1.54, 1.807) is 0 Å². The van der Waals surface area contributed by atoms with Crippen LogP contribution in [0.3, 0.4) is 0 Å². The molecule has 0 aliphatic carbocycles. The lowest BCUT2D eigenvalue weighted by atomic mass is 10.1. The molecule has 1 N–H and O–H groups in total. The molecule has 0 radical (unpaired) electrons. The van der Waals surface area contributed by atoms with Gasteiger partial charge in [-0.1, -0.05) is 6.92 Å². The van der Waals surface area contributed by atoms with Crippen molar-refractivity contribution in [2.45, 2.75) is 24.4 Å². The minimum atomic E-state index is -4.52. The molecular weight excluding hydrogens is 437 g/mol. The van der Waals surface area contributed by atoms with Crippen molar-refractivity contribution in [3.63, 3.8) is 0 Å². The highest BCUT2D eigenvalue weighted by Crippen LogP contribution is 2.25. The lowest BCUT2D eigenvalue weighted by Gasteiger charge is -2.33. The van der Waals surface area contributed by atoms with E-state index in [0.717, 1.165) is 6.54 Å². The van der Waals surface area contributed by atoms with Crippen molar-refractivity contribution in [1.29, 1.82) is 0 Å². The molecule has 0 spiro atoms. The van der Waals surface area contributed by atoms with Crippen LogP contribution in [-0.4, -0.2) is 86.3 Å². The largest absolute Gasteiger partial charge is 0.406 e. The number of carbonyl (C=O) groups is 2. The van der Waals surface area contributed by atoms with Gasteiger partial charge < -0.3 is 15.1 Å². The van der Waals surface area contributed by atoms with Crippen LogP contribution in [0.25, 0.3) is 0 Å². The molecule has 1 atom stereocenters. The first-order chi connectivity index (χ1) is 14.5. The SMILES string of the molecule is CCN1CCN(S(=O)(=O)c2ccc(NC(=O)C3CC(=O)N(CC(F)(F)F)C3)cc2)CC1. The molecule has 31 heavy (non-hydrogen) atoms. The van der Waals surface area contributed by atoms with Crippen molar-refractivity contribution in [2.75, 3.05) is 51.1 Å². The van der Waals surface area contributed by atoms with Crippen LogP contribution in [0.5, 0.6) is 0 Å². The summed E-state index contributed by atoms with van der Waals surface area (Å²) in [5, 5.41) is 2.55. The molecule has 2 fully saturated rings. The molecule has 0 bridgehead atoms. The van der Waals surface area contributed by atoms with Crippen LogP contribution in [-0.2, 0) is 19.6 Å². The molecule has 3 rings (SSSR count). The number of likely N-dealkylation sites (tertiary alicyclic amines) is 1. The summed E-state index contributed by atoms with van der Waals surface area (Å²) in [5.74, 6) is -2.19. The first-order valence-corrected chi connectivity index (χ1v) is 11.4. The number of hydrogen-bond acceptors (Lipinski definition) is 5. The van der Waals surface area contributed by atoms with Crippen molar-refractivity contribution in [2.24, 2.45) is 5.92 Å². The fourth-order valence-corrected chi connectivity index (χ4v) is 5.13. The van der Waals surface area contributed by atoms with Gasteiger partial charge in [-0.15, -0.1) is 0 Å². The predicted molar refractivity (Wildman–Crippen MR) is 107 cm³/mol. The zero-order valence-corrected chi connectivity index (χ0v) is 17.9. The third kappa shape index (κ3) is 5.74. The summed E-state index contributed by atoms with van der Waals surface area (Å²) in [7, 11) is -3.65. The Morgan fingerprint density at radius 2 is 1.74 bits per heavy atom. The molecule has 2 aliphatic rings. The second-order valence-corrected chi connectivity index (χ2v) is 9.58. The number of sulfonamides is 1. The molecule has 2 aliphatic heterocycles. The molecule has 12 heteroatoms. The van der Waals surface area contributed by atoms with E-state index in [0.29, 0.717) is 36.8 Å². The van der Waals surface area contributed by atoms with Gasteiger partial charge in [0.05, 0.1) is 10.8 Å². The highest BCUT2D eigenvalue weighted by atomic mass is 32.2. The highest BCUT2D eigenvalue weighted by molar-refractivity contribution is 7.89. The first kappa shape index (κ1) is 23.5. The molecule has 1 aromatic carbocycles. The van der Waals surface area contributed by atoms with Crippen LogP contribution in [0.1, 0.15) is 13.3 Å². The van der Waals surface area contributed by atoms with Crippen molar-refractivity contribution >= 4 is 27.5 Å². The summed E-state index contributed by atoms with van der Waals surface area (Å²) in [4.78, 5) is 27.0. The maximum atomic E-state index is 12.8. The van der Waals surface area contributed by atoms with Crippen molar-refractivity contribution in [1.82, 2.24) is 14.1 Å². The van der Waals surface area contributed by atoms with Crippen LogP contribution >= 0.6 is 0 Å². The standard InChI is InChI=1S/C19H25F3N4O4S/c1-2-24-7-9-26(10-8-24)31(29,30)16-5-3-15(4-6-16)23-18(28)14-11-17(27)25(12-14)13-19(20,21)22/h3-6,14H,2,7-13H2,1H3,(H,23,28). The molecule has 2 heterocycles. The smallest absolute Gasteiger partial charge is 0.333 e. The number of nitrogens with zero attached hydrogens (tertiary/aromatic N) is 3. The summed E-state index contributed by atoms with van der Waals surface area (Å²) in [6.45, 7) is 3.33. The molecule has 2 saturated heterocycles. The minimum absolute atomic E-state index is 0.0999. The monoisotopic (exact) mass is 462 g/mol. The van der Waals surface area contributed by atoms with E-state index in [1.807, 2.05) is 6.92 Å². The average molecular weight is 462 g/mol. The van der Waals surface area contributed by atoms with E-state index in [2.05, 4.69) is 10.2 Å². The van der Waals surface area contributed by atoms with Crippen LogP contribution in [0.4, 0.5) is 18.9 Å². The van der Waals surface area contributed by atoms with E-state index >= 15 is 0 Å². The first-order valence-electron chi connectivity index (χ1n) is 9.97. The van der Waals surface area contributed by atoms with Crippen LogP contribution in [0, 0.1) is 5.92 Å². The second-order valence-electron chi connectivity index (χ2n) is 7.64. The quantitative estimate of drug-likeness (QED) is 0.690. The number of piperazine rings is 1. The normalized spacial score (nSPS) is 21.5. The van der Waals surface area contributed by atoms with Gasteiger partial charge in [0.1, 0.15) is 6.54 Å². The van der Waals surface area contributed by atoms with Gasteiger partial charge in [-0.25, -0.2) is 8.42 Å². The summed E-state index contributed by atoms with van der Waals surface area (Å²) < 4.78 is 64.6. The fourth-order valence-electron chi connectivity index (χ4n) is 3.71. The zero-order valence-electron chi connectivity index (χ0n) is 17.1. The topological polar surface area (TPSA) is 90.0 Å². The number of alkyl halides is 3. The van der Waals surface area contributed by atoms with Gasteiger partial charge in [0, 0.05) is 44.8 Å². The Labute approximate surface area is 179 Å². The van der Waals surface area contributed by atoms with Crippen LogP contribution < -0.4 is 5.32 Å². The third-order valence-corrected chi connectivity index (χ3v) is 7.41. The molecular formula is C19H25F3N4O4S. The maximum Gasteiger partial charge on any atom is 0.406 e. The number of amides is 2. The van der Waals surface area contributed by atoms with Gasteiger partial charge in [0.15, 0.2) is 0 Å². The fraction of sp³-hybridized carbons (Fsp3) is 0.579. The van der Waals surface area contributed by atoms with E-state index in [1.165, 1.54) is 28.6 Å². The number of carbonyl (C=O) groups excluding carboxylic acids is 2. The number of halogens is 3. The second kappa shape index (κ2) is 9.13. The van der Waals surface area contributed by atoms with Gasteiger partial charge in [-0.3, -0.25) is 9.59 Å². The van der Waals surface area contributed by atoms with Crippen molar-refractivity contribution < 1.29 is 31.2 Å². The molecule has 172 valence electrons. The number of likely N-dealkylation sites (N-methyl/N-ethyl adjacent to an activating group) is 1. The van der Waals surface area contributed by atoms with Crippen molar-refractivity contribution in [3.05, 3.63) is 24.3 Å². The Morgan fingerprint density at radius 3 is 2.29 bits per heavy atom. The Hall–Kier alpha value is -2.18. The Bertz CT molecular complexity index is 913. The number of anilines is 1. The van der Waals surface area contributed by atoms with Gasteiger partial charge >= 0.3 is 6.18 Å². The van der Waals surface area contributed by atoms with Crippen LogP contribution in [0.15, 0.2) is 29.2 Å². The van der Waals surface area contributed by atoms with Gasteiger partial charge in [0.25, 0.3) is 0 Å². The summed E-state index contributed by atoms with van der Waals surface area (Å²) in [5.41, 5.74) is 0.307. The minimum Gasteiger partial charge on any atom is -0.333 e.